The van der Waals surface area contributed by atoms with Crippen LogP contribution >= 0.6 is 0 Å². The summed E-state index contributed by atoms with van der Waals surface area (Å²) in [5.41, 5.74) is 2.55. The minimum Gasteiger partial charge on any atom is -0.313 e. The molecule has 0 aliphatic heterocycles. The van der Waals surface area contributed by atoms with E-state index in [1.54, 1.807) is 0 Å². The normalized spacial score (nSPS) is 13.6. The Balaban J connectivity index is 2.76. The van der Waals surface area contributed by atoms with Gasteiger partial charge in [0.1, 0.15) is 0 Å². The molecule has 1 aromatic rings. The van der Waals surface area contributed by atoms with Crippen molar-refractivity contribution in [3.8, 4) is 0 Å². The van der Waals surface area contributed by atoms with Crippen LogP contribution in [0.2, 0.25) is 0 Å². The van der Waals surface area contributed by atoms with E-state index in [2.05, 4.69) is 36.3 Å². The molecule has 74 valence electrons. The van der Waals surface area contributed by atoms with Crippen LogP contribution in [0.15, 0.2) is 6.20 Å². The Morgan fingerprint density at radius 1 is 1.46 bits per heavy atom. The Hall–Kier alpha value is -0.830. The lowest BCUT2D eigenvalue weighted by atomic mass is 10.0. The summed E-state index contributed by atoms with van der Waals surface area (Å²) in [6.45, 7) is 6.58. The molecule has 0 aromatic carbocycles. The van der Waals surface area contributed by atoms with Gasteiger partial charge in [0.2, 0.25) is 0 Å². The Labute approximate surface area is 79.9 Å². The van der Waals surface area contributed by atoms with E-state index in [9.17, 15) is 0 Å². The molecule has 3 nitrogen and oxygen atoms in total. The summed E-state index contributed by atoms with van der Waals surface area (Å²) in [5, 5.41) is 10.4. The molecule has 0 saturated heterocycles. The molecule has 0 radical (unpaired) electrons. The van der Waals surface area contributed by atoms with E-state index in [0.29, 0.717) is 12.0 Å². The number of aromatic nitrogens is 2. The first-order valence-electron chi connectivity index (χ1n) is 4.84. The highest BCUT2D eigenvalue weighted by atomic mass is 15.1. The van der Waals surface area contributed by atoms with Gasteiger partial charge in [0.25, 0.3) is 0 Å². The lowest BCUT2D eigenvalue weighted by Gasteiger charge is -2.11. The van der Waals surface area contributed by atoms with Crippen LogP contribution in [-0.2, 0) is 6.42 Å². The van der Waals surface area contributed by atoms with Crippen molar-refractivity contribution in [2.24, 2.45) is 5.92 Å². The second-order valence-electron chi connectivity index (χ2n) is 3.91. The molecule has 0 aliphatic carbocycles. The Morgan fingerprint density at radius 3 is 2.69 bits per heavy atom. The standard InChI is InChI=1S/C10H19N3/c1-7(2)5-10-9(6-12-13-10)8(3)11-4/h6-8,11H,5H2,1-4H3,(H,12,13). The van der Waals surface area contributed by atoms with E-state index in [1.807, 2.05) is 13.2 Å². The summed E-state index contributed by atoms with van der Waals surface area (Å²) >= 11 is 0. The summed E-state index contributed by atoms with van der Waals surface area (Å²) in [6, 6.07) is 0.382. The third-order valence-corrected chi connectivity index (χ3v) is 2.26. The fourth-order valence-electron chi connectivity index (χ4n) is 1.42. The second kappa shape index (κ2) is 4.42. The van der Waals surface area contributed by atoms with Crippen molar-refractivity contribution in [1.29, 1.82) is 0 Å². The molecule has 2 N–H and O–H groups in total. The van der Waals surface area contributed by atoms with Crippen molar-refractivity contribution < 1.29 is 0 Å². The number of nitrogens with one attached hydrogen (secondary N) is 2. The minimum atomic E-state index is 0.382. The lowest BCUT2D eigenvalue weighted by molar-refractivity contribution is 0.603. The molecule has 0 spiro atoms. The highest BCUT2D eigenvalue weighted by molar-refractivity contribution is 5.20. The average molecular weight is 181 g/mol. The van der Waals surface area contributed by atoms with Crippen molar-refractivity contribution in [2.45, 2.75) is 33.2 Å². The molecular weight excluding hydrogens is 162 g/mol. The van der Waals surface area contributed by atoms with Gasteiger partial charge in [-0.05, 0) is 26.3 Å². The molecule has 1 aromatic heterocycles. The highest BCUT2D eigenvalue weighted by Crippen LogP contribution is 2.17. The number of hydrogen-bond donors (Lipinski definition) is 2. The first kappa shape index (κ1) is 10.3. The van der Waals surface area contributed by atoms with E-state index in [4.69, 9.17) is 0 Å². The molecule has 0 bridgehead atoms. The third kappa shape index (κ3) is 2.56. The summed E-state index contributed by atoms with van der Waals surface area (Å²) < 4.78 is 0. The quantitative estimate of drug-likeness (QED) is 0.744. The number of aromatic amines is 1. The predicted molar refractivity (Wildman–Crippen MR) is 54.6 cm³/mol. The first-order valence-corrected chi connectivity index (χ1v) is 4.84. The van der Waals surface area contributed by atoms with Gasteiger partial charge in [-0.25, -0.2) is 0 Å². The summed E-state index contributed by atoms with van der Waals surface area (Å²) in [4.78, 5) is 0. The van der Waals surface area contributed by atoms with E-state index in [1.165, 1.54) is 11.3 Å². The molecule has 13 heavy (non-hydrogen) atoms. The number of hydrogen-bond acceptors (Lipinski definition) is 2. The van der Waals surface area contributed by atoms with Crippen molar-refractivity contribution >= 4 is 0 Å². The fraction of sp³-hybridized carbons (Fsp3) is 0.700. The molecular formula is C10H19N3. The topological polar surface area (TPSA) is 40.7 Å². The lowest BCUT2D eigenvalue weighted by Crippen LogP contribution is -2.14. The smallest absolute Gasteiger partial charge is 0.0537 e. The highest BCUT2D eigenvalue weighted by Gasteiger charge is 2.11. The van der Waals surface area contributed by atoms with Gasteiger partial charge in [0.05, 0.1) is 6.20 Å². The van der Waals surface area contributed by atoms with Crippen LogP contribution in [0.3, 0.4) is 0 Å². The van der Waals surface area contributed by atoms with E-state index < -0.39 is 0 Å². The summed E-state index contributed by atoms with van der Waals surface area (Å²) in [6.07, 6.45) is 2.99. The molecule has 1 rings (SSSR count). The van der Waals surface area contributed by atoms with Crippen LogP contribution in [0.1, 0.15) is 38.1 Å². The van der Waals surface area contributed by atoms with Crippen LogP contribution in [0, 0.1) is 5.92 Å². The zero-order chi connectivity index (χ0) is 9.84. The van der Waals surface area contributed by atoms with E-state index >= 15 is 0 Å². The van der Waals surface area contributed by atoms with Crippen LogP contribution in [0.5, 0.6) is 0 Å². The monoisotopic (exact) mass is 181 g/mol. The summed E-state index contributed by atoms with van der Waals surface area (Å²) in [7, 11) is 1.97. The van der Waals surface area contributed by atoms with Crippen LogP contribution in [-0.4, -0.2) is 17.2 Å². The maximum absolute atomic E-state index is 4.08. The van der Waals surface area contributed by atoms with Gasteiger partial charge in [-0.1, -0.05) is 13.8 Å². The Bertz CT molecular complexity index is 252. The molecule has 1 heterocycles. The van der Waals surface area contributed by atoms with Gasteiger partial charge in [-0.2, -0.15) is 5.10 Å². The molecule has 1 atom stereocenters. The molecule has 1 unspecified atom stereocenters. The van der Waals surface area contributed by atoms with Gasteiger partial charge in [-0.15, -0.1) is 0 Å². The number of nitrogens with zero attached hydrogens (tertiary/aromatic N) is 1. The SMILES string of the molecule is CNC(C)c1cn[nH]c1CC(C)C. The average Bonchev–Trinajstić information content (AvgIpc) is 2.50. The molecule has 3 heteroatoms. The van der Waals surface area contributed by atoms with Crippen LogP contribution < -0.4 is 5.32 Å². The van der Waals surface area contributed by atoms with Gasteiger partial charge in [-0.3, -0.25) is 5.10 Å². The first-order chi connectivity index (χ1) is 6.15. The largest absolute Gasteiger partial charge is 0.313 e. The Kier molecular flexibility index (Phi) is 3.48. The van der Waals surface area contributed by atoms with Gasteiger partial charge < -0.3 is 5.32 Å². The summed E-state index contributed by atoms with van der Waals surface area (Å²) in [5.74, 6) is 0.670. The van der Waals surface area contributed by atoms with Crippen molar-refractivity contribution in [3.63, 3.8) is 0 Å². The van der Waals surface area contributed by atoms with Gasteiger partial charge >= 0.3 is 0 Å². The van der Waals surface area contributed by atoms with E-state index in [-0.39, 0.29) is 0 Å². The maximum atomic E-state index is 4.08. The Morgan fingerprint density at radius 2 is 2.15 bits per heavy atom. The van der Waals surface area contributed by atoms with Crippen LogP contribution in [0.25, 0.3) is 0 Å². The van der Waals surface area contributed by atoms with Crippen LogP contribution in [0.4, 0.5) is 0 Å². The van der Waals surface area contributed by atoms with Gasteiger partial charge in [0, 0.05) is 17.3 Å². The zero-order valence-corrected chi connectivity index (χ0v) is 8.89. The van der Waals surface area contributed by atoms with Gasteiger partial charge in [0.15, 0.2) is 0 Å². The maximum Gasteiger partial charge on any atom is 0.0537 e. The molecule has 0 fully saturated rings. The minimum absolute atomic E-state index is 0.382. The number of rotatable bonds is 4. The zero-order valence-electron chi connectivity index (χ0n) is 8.89. The predicted octanol–water partition coefficient (Wildman–Crippen LogP) is 1.89. The van der Waals surface area contributed by atoms with E-state index in [0.717, 1.165) is 6.42 Å². The third-order valence-electron chi connectivity index (χ3n) is 2.26. The van der Waals surface area contributed by atoms with Crippen molar-refractivity contribution in [2.75, 3.05) is 7.05 Å². The molecule has 0 aliphatic rings. The van der Waals surface area contributed by atoms with Crippen molar-refractivity contribution in [1.82, 2.24) is 15.5 Å². The number of H-pyrrole nitrogens is 1. The van der Waals surface area contributed by atoms with Crippen molar-refractivity contribution in [3.05, 3.63) is 17.5 Å². The second-order valence-corrected chi connectivity index (χ2v) is 3.91. The molecule has 0 saturated carbocycles. The molecule has 0 amide bonds. The fourth-order valence-corrected chi connectivity index (χ4v) is 1.42.